The number of fused-ring (bicyclic) bond motifs is 1. The summed E-state index contributed by atoms with van der Waals surface area (Å²) in [5.74, 6) is -0.148. The predicted octanol–water partition coefficient (Wildman–Crippen LogP) is 2.87. The lowest BCUT2D eigenvalue weighted by Crippen LogP contribution is -2.39. The maximum atomic E-state index is 13.1. The van der Waals surface area contributed by atoms with Gasteiger partial charge in [0.15, 0.2) is 6.29 Å². The third-order valence-electron chi connectivity index (χ3n) is 5.63. The highest BCUT2D eigenvalue weighted by Gasteiger charge is 2.24. The van der Waals surface area contributed by atoms with Crippen LogP contribution in [0.4, 0.5) is 0 Å². The van der Waals surface area contributed by atoms with E-state index in [1.54, 1.807) is 32.0 Å². The number of imidazole rings is 1. The van der Waals surface area contributed by atoms with Crippen LogP contribution in [0.15, 0.2) is 37.1 Å². The van der Waals surface area contributed by atoms with Gasteiger partial charge in [-0.3, -0.25) is 9.59 Å². The Morgan fingerprint density at radius 3 is 2.83 bits per heavy atom. The standard InChI is InChI=1S/C22H26N4O4/c1-29-8-9-30-18-4-2-16(3-5-18)25-22(28)20-11-17(26-7-6-23-14-26)10-19-15(13-27)12-24-21(19)20/h6-7,10-14,16,18,24H,2-5,8-9H2,1H3,(H,25,28)/t16-,18-. The Morgan fingerprint density at radius 1 is 1.30 bits per heavy atom. The summed E-state index contributed by atoms with van der Waals surface area (Å²) in [6, 6.07) is 3.81. The molecule has 0 spiro atoms. The number of rotatable bonds is 8. The quantitative estimate of drug-likeness (QED) is 0.440. The fourth-order valence-electron chi connectivity index (χ4n) is 4.01. The van der Waals surface area contributed by atoms with Crippen molar-refractivity contribution >= 4 is 23.1 Å². The molecule has 0 aliphatic heterocycles. The fourth-order valence-corrected chi connectivity index (χ4v) is 4.01. The molecule has 1 fully saturated rings. The van der Waals surface area contributed by atoms with Crippen molar-refractivity contribution in [3.63, 3.8) is 0 Å². The molecule has 2 aromatic heterocycles. The average Bonchev–Trinajstić information content (AvgIpc) is 3.44. The largest absolute Gasteiger partial charge is 0.382 e. The van der Waals surface area contributed by atoms with E-state index in [4.69, 9.17) is 9.47 Å². The van der Waals surface area contributed by atoms with E-state index in [9.17, 15) is 9.59 Å². The molecule has 3 aromatic rings. The highest BCUT2D eigenvalue weighted by atomic mass is 16.5. The van der Waals surface area contributed by atoms with Gasteiger partial charge >= 0.3 is 0 Å². The van der Waals surface area contributed by atoms with Gasteiger partial charge in [0.2, 0.25) is 0 Å². The first-order valence-electron chi connectivity index (χ1n) is 10.2. The van der Waals surface area contributed by atoms with E-state index < -0.39 is 0 Å². The second-order valence-corrected chi connectivity index (χ2v) is 7.56. The van der Waals surface area contributed by atoms with Gasteiger partial charge in [-0.2, -0.15) is 0 Å². The van der Waals surface area contributed by atoms with Crippen molar-refractivity contribution in [2.45, 2.75) is 37.8 Å². The van der Waals surface area contributed by atoms with Crippen LogP contribution in [0.5, 0.6) is 0 Å². The molecule has 0 unspecified atom stereocenters. The predicted molar refractivity (Wildman–Crippen MR) is 112 cm³/mol. The van der Waals surface area contributed by atoms with E-state index in [0.29, 0.717) is 29.9 Å². The van der Waals surface area contributed by atoms with Crippen molar-refractivity contribution < 1.29 is 19.1 Å². The Morgan fingerprint density at radius 2 is 2.13 bits per heavy atom. The summed E-state index contributed by atoms with van der Waals surface area (Å²) in [5.41, 5.74) is 2.48. The van der Waals surface area contributed by atoms with Crippen LogP contribution in [-0.4, -0.2) is 59.2 Å². The van der Waals surface area contributed by atoms with Crippen molar-refractivity contribution in [3.05, 3.63) is 48.2 Å². The first kappa shape index (κ1) is 20.3. The van der Waals surface area contributed by atoms with Gasteiger partial charge in [-0.1, -0.05) is 0 Å². The van der Waals surface area contributed by atoms with Gasteiger partial charge in [0.05, 0.1) is 36.7 Å². The van der Waals surface area contributed by atoms with E-state index in [2.05, 4.69) is 15.3 Å². The normalized spacial score (nSPS) is 19.1. The van der Waals surface area contributed by atoms with Crippen molar-refractivity contribution in [2.24, 2.45) is 0 Å². The molecule has 1 aliphatic carbocycles. The summed E-state index contributed by atoms with van der Waals surface area (Å²) < 4.78 is 12.7. The van der Waals surface area contributed by atoms with Gasteiger partial charge < -0.3 is 24.3 Å². The van der Waals surface area contributed by atoms with Crippen molar-refractivity contribution in [3.8, 4) is 5.69 Å². The number of carbonyl (C=O) groups excluding carboxylic acids is 2. The van der Waals surface area contributed by atoms with Crippen LogP contribution in [0.2, 0.25) is 0 Å². The molecule has 8 heteroatoms. The Balaban J connectivity index is 1.51. The number of benzene rings is 1. The molecule has 2 heterocycles. The lowest BCUT2D eigenvalue weighted by atomic mass is 9.92. The number of ether oxygens (including phenoxy) is 2. The van der Waals surface area contributed by atoms with Gasteiger partial charge in [-0.15, -0.1) is 0 Å². The molecule has 8 nitrogen and oxygen atoms in total. The summed E-state index contributed by atoms with van der Waals surface area (Å²) in [6.07, 6.45) is 11.4. The Hall–Kier alpha value is -2.97. The summed E-state index contributed by atoms with van der Waals surface area (Å²) in [6.45, 7) is 1.20. The van der Waals surface area contributed by atoms with Gasteiger partial charge in [0.1, 0.15) is 0 Å². The highest BCUT2D eigenvalue weighted by Crippen LogP contribution is 2.26. The Labute approximate surface area is 174 Å². The van der Waals surface area contributed by atoms with Gasteiger partial charge in [0.25, 0.3) is 5.91 Å². The Kier molecular flexibility index (Phi) is 6.25. The number of nitrogens with zero attached hydrogens (tertiary/aromatic N) is 2. The molecule has 158 valence electrons. The number of aldehydes is 1. The molecular weight excluding hydrogens is 384 g/mol. The van der Waals surface area contributed by atoms with Crippen LogP contribution in [0.1, 0.15) is 46.4 Å². The third kappa shape index (κ3) is 4.29. The first-order valence-corrected chi connectivity index (χ1v) is 10.2. The van der Waals surface area contributed by atoms with Crippen molar-refractivity contribution in [1.82, 2.24) is 19.9 Å². The van der Waals surface area contributed by atoms with Crippen LogP contribution < -0.4 is 5.32 Å². The first-order chi connectivity index (χ1) is 14.7. The van der Waals surface area contributed by atoms with E-state index in [-0.39, 0.29) is 18.1 Å². The molecule has 0 radical (unpaired) electrons. The molecule has 1 amide bonds. The lowest BCUT2D eigenvalue weighted by molar-refractivity contribution is -0.00408. The number of carbonyl (C=O) groups is 2. The van der Waals surface area contributed by atoms with Crippen LogP contribution in [0.25, 0.3) is 16.6 Å². The second kappa shape index (κ2) is 9.23. The number of methoxy groups -OCH3 is 1. The monoisotopic (exact) mass is 410 g/mol. The SMILES string of the molecule is COCCO[C@H]1CC[C@H](NC(=O)c2cc(-n3ccnc3)cc3c(C=O)c[nH]c23)CC1. The van der Waals surface area contributed by atoms with E-state index in [1.165, 1.54) is 0 Å². The summed E-state index contributed by atoms with van der Waals surface area (Å²) in [4.78, 5) is 31.8. The van der Waals surface area contributed by atoms with Gasteiger partial charge in [0, 0.05) is 48.4 Å². The van der Waals surface area contributed by atoms with Crippen molar-refractivity contribution in [1.29, 1.82) is 0 Å². The zero-order valence-electron chi connectivity index (χ0n) is 17.0. The molecule has 4 rings (SSSR count). The van der Waals surface area contributed by atoms with Crippen molar-refractivity contribution in [2.75, 3.05) is 20.3 Å². The average molecular weight is 410 g/mol. The maximum absolute atomic E-state index is 13.1. The van der Waals surface area contributed by atoms with Gasteiger partial charge in [-0.05, 0) is 37.8 Å². The van der Waals surface area contributed by atoms with Crippen LogP contribution in [0.3, 0.4) is 0 Å². The topological polar surface area (TPSA) is 98.2 Å². The number of aromatic nitrogens is 3. The van der Waals surface area contributed by atoms with Gasteiger partial charge in [-0.25, -0.2) is 4.98 Å². The second-order valence-electron chi connectivity index (χ2n) is 7.56. The summed E-state index contributed by atoms with van der Waals surface area (Å²) >= 11 is 0. The molecule has 1 aromatic carbocycles. The Bertz CT molecular complexity index is 1000. The minimum Gasteiger partial charge on any atom is -0.382 e. The maximum Gasteiger partial charge on any atom is 0.253 e. The highest BCUT2D eigenvalue weighted by molar-refractivity contribution is 6.10. The number of nitrogens with one attached hydrogen (secondary N) is 2. The van der Waals surface area contributed by atoms with E-state index >= 15 is 0 Å². The minimum atomic E-state index is -0.148. The molecule has 0 atom stereocenters. The van der Waals surface area contributed by atoms with E-state index in [0.717, 1.165) is 43.0 Å². The van der Waals surface area contributed by atoms with Crippen LogP contribution in [0, 0.1) is 0 Å². The number of hydrogen-bond donors (Lipinski definition) is 2. The molecule has 1 saturated carbocycles. The molecule has 1 aliphatic rings. The minimum absolute atomic E-state index is 0.104. The summed E-state index contributed by atoms with van der Waals surface area (Å²) in [5, 5.41) is 3.88. The number of aromatic amines is 1. The molecule has 30 heavy (non-hydrogen) atoms. The lowest BCUT2D eigenvalue weighted by Gasteiger charge is -2.29. The number of H-pyrrole nitrogens is 1. The zero-order chi connectivity index (χ0) is 20.9. The van der Waals surface area contributed by atoms with E-state index in [1.807, 2.05) is 16.7 Å². The smallest absolute Gasteiger partial charge is 0.253 e. The summed E-state index contributed by atoms with van der Waals surface area (Å²) in [7, 11) is 1.66. The molecular formula is C22H26N4O4. The fraction of sp³-hybridized carbons (Fsp3) is 0.409. The number of amides is 1. The zero-order valence-corrected chi connectivity index (χ0v) is 17.0. The van der Waals surface area contributed by atoms with Crippen LogP contribution >= 0.6 is 0 Å². The molecule has 2 N–H and O–H groups in total. The molecule has 0 bridgehead atoms. The third-order valence-corrected chi connectivity index (χ3v) is 5.63. The van der Waals surface area contributed by atoms with Crippen LogP contribution in [-0.2, 0) is 9.47 Å². The number of hydrogen-bond acceptors (Lipinski definition) is 5. The molecule has 0 saturated heterocycles.